The van der Waals surface area contributed by atoms with Gasteiger partial charge in [-0.3, -0.25) is 4.21 Å². The van der Waals surface area contributed by atoms with Crippen LogP contribution in [0.2, 0.25) is 0 Å². The highest BCUT2D eigenvalue weighted by Gasteiger charge is 2.60. The number of hydrogen-bond donors (Lipinski definition) is 1. The molecule has 0 radical (unpaired) electrons. The highest BCUT2D eigenvalue weighted by atomic mass is 32.2. The molecule has 114 valence electrons. The van der Waals surface area contributed by atoms with Gasteiger partial charge in [-0.25, -0.2) is 4.79 Å². The highest BCUT2D eigenvalue weighted by molar-refractivity contribution is 7.84. The normalized spacial score (nSPS) is 41.0. The second-order valence-electron chi connectivity index (χ2n) is 6.59. The summed E-state index contributed by atoms with van der Waals surface area (Å²) in [5, 5.41) is 2.99. The van der Waals surface area contributed by atoms with E-state index in [1.807, 2.05) is 11.8 Å². The van der Waals surface area contributed by atoms with Crippen molar-refractivity contribution < 1.29 is 13.7 Å². The van der Waals surface area contributed by atoms with Gasteiger partial charge in [0.2, 0.25) is 0 Å². The predicted octanol–water partition coefficient (Wildman–Crippen LogP) is 0.818. The number of carbonyl (C=O) groups is 1. The zero-order valence-electron chi connectivity index (χ0n) is 12.4. The summed E-state index contributed by atoms with van der Waals surface area (Å²) in [5.41, 5.74) is 0. The first-order valence-corrected chi connectivity index (χ1v) is 9.14. The number of fused-ring (bicyclic) bond motifs is 1. The summed E-state index contributed by atoms with van der Waals surface area (Å²) in [7, 11) is 0.877. The first-order chi connectivity index (χ1) is 9.51. The molecule has 2 saturated carbocycles. The molecular weight excluding hydrogens is 276 g/mol. The fourth-order valence-corrected chi connectivity index (χ4v) is 5.43. The fourth-order valence-electron chi connectivity index (χ4n) is 4.64. The molecule has 0 aromatic heterocycles. The average molecular weight is 300 g/mol. The summed E-state index contributed by atoms with van der Waals surface area (Å²) in [6, 6.07) is 0.193. The van der Waals surface area contributed by atoms with E-state index in [9.17, 15) is 9.00 Å². The summed E-state index contributed by atoms with van der Waals surface area (Å²) < 4.78 is 16.9. The summed E-state index contributed by atoms with van der Waals surface area (Å²) in [4.78, 5) is 14.4. The molecule has 2 amide bonds. The van der Waals surface area contributed by atoms with Gasteiger partial charge < -0.3 is 15.0 Å². The van der Waals surface area contributed by atoms with Crippen LogP contribution >= 0.6 is 0 Å². The van der Waals surface area contributed by atoms with Gasteiger partial charge in [0.05, 0.1) is 12.1 Å². The number of nitrogens with one attached hydrogen (secondary N) is 1. The van der Waals surface area contributed by atoms with Crippen LogP contribution in [0, 0.1) is 17.8 Å². The third kappa shape index (κ3) is 2.26. The molecule has 3 fully saturated rings. The van der Waals surface area contributed by atoms with Crippen molar-refractivity contribution in [2.45, 2.75) is 38.0 Å². The topological polar surface area (TPSA) is 58.6 Å². The van der Waals surface area contributed by atoms with Crippen LogP contribution in [-0.2, 0) is 15.5 Å². The molecule has 7 atom stereocenters. The Balaban J connectivity index is 1.66. The van der Waals surface area contributed by atoms with E-state index >= 15 is 0 Å². The highest BCUT2D eigenvalue weighted by Crippen LogP contribution is 2.55. The molecule has 20 heavy (non-hydrogen) atoms. The lowest BCUT2D eigenvalue weighted by Crippen LogP contribution is -2.51. The van der Waals surface area contributed by atoms with E-state index in [0.29, 0.717) is 23.5 Å². The lowest BCUT2D eigenvalue weighted by molar-refractivity contribution is 0.0188. The van der Waals surface area contributed by atoms with E-state index in [1.54, 1.807) is 13.4 Å². The third-order valence-corrected chi connectivity index (χ3v) is 6.17. The van der Waals surface area contributed by atoms with Gasteiger partial charge >= 0.3 is 6.03 Å². The molecule has 3 aliphatic rings. The molecule has 0 aromatic carbocycles. The number of methoxy groups -OCH3 is 1. The Hall–Kier alpha value is -0.620. The van der Waals surface area contributed by atoms with Gasteiger partial charge in [-0.1, -0.05) is 0 Å². The van der Waals surface area contributed by atoms with Crippen LogP contribution in [0.4, 0.5) is 4.79 Å². The Morgan fingerprint density at radius 3 is 2.85 bits per heavy atom. The van der Waals surface area contributed by atoms with E-state index in [4.69, 9.17) is 4.74 Å². The van der Waals surface area contributed by atoms with Crippen molar-refractivity contribution in [1.82, 2.24) is 10.2 Å². The van der Waals surface area contributed by atoms with E-state index < -0.39 is 10.8 Å². The minimum absolute atomic E-state index is 0.00921. The van der Waals surface area contributed by atoms with Gasteiger partial charge in [0.25, 0.3) is 0 Å². The molecule has 1 aliphatic heterocycles. The number of carbonyl (C=O) groups excluding carboxylic acids is 1. The minimum atomic E-state index is -0.884. The molecule has 7 unspecified atom stereocenters. The van der Waals surface area contributed by atoms with E-state index in [2.05, 4.69) is 5.32 Å². The van der Waals surface area contributed by atoms with Crippen molar-refractivity contribution in [3.63, 3.8) is 0 Å². The maximum atomic E-state index is 12.5. The number of hydrogen-bond acceptors (Lipinski definition) is 3. The van der Waals surface area contributed by atoms with E-state index in [1.165, 1.54) is 12.8 Å². The Morgan fingerprint density at radius 2 is 2.20 bits per heavy atom. The number of nitrogens with zero attached hydrogens (tertiary/aromatic N) is 1. The number of ether oxygens (including phenoxy) is 1. The Kier molecular flexibility index (Phi) is 3.79. The summed E-state index contributed by atoms with van der Waals surface area (Å²) in [5.74, 6) is 2.44. The molecule has 6 heteroatoms. The van der Waals surface area contributed by atoms with Crippen LogP contribution in [-0.4, -0.2) is 59.0 Å². The van der Waals surface area contributed by atoms with Crippen molar-refractivity contribution in [3.05, 3.63) is 0 Å². The van der Waals surface area contributed by atoms with Crippen LogP contribution in [0.15, 0.2) is 0 Å². The maximum Gasteiger partial charge on any atom is 0.317 e. The minimum Gasteiger partial charge on any atom is -0.379 e. The summed E-state index contributed by atoms with van der Waals surface area (Å²) in [6.45, 7) is 2.77. The molecule has 1 N–H and O–H groups in total. The van der Waals surface area contributed by atoms with Crippen LogP contribution in [0.25, 0.3) is 0 Å². The van der Waals surface area contributed by atoms with Gasteiger partial charge in [0.1, 0.15) is 0 Å². The molecule has 2 aliphatic carbocycles. The summed E-state index contributed by atoms with van der Waals surface area (Å²) >= 11 is 0. The van der Waals surface area contributed by atoms with Gasteiger partial charge in [-0.15, -0.1) is 0 Å². The van der Waals surface area contributed by atoms with Crippen LogP contribution in [0.3, 0.4) is 0 Å². The number of likely N-dealkylation sites (tertiary alicyclic amines) is 1. The van der Waals surface area contributed by atoms with Crippen LogP contribution in [0.1, 0.15) is 19.8 Å². The average Bonchev–Trinajstić information content (AvgIpc) is 2.94. The zero-order valence-corrected chi connectivity index (χ0v) is 13.2. The van der Waals surface area contributed by atoms with Crippen molar-refractivity contribution in [2.24, 2.45) is 17.8 Å². The van der Waals surface area contributed by atoms with Gasteiger partial charge in [-0.2, -0.15) is 0 Å². The number of rotatable bonds is 4. The molecule has 5 nitrogen and oxygen atoms in total. The van der Waals surface area contributed by atoms with Crippen LogP contribution < -0.4 is 5.32 Å². The van der Waals surface area contributed by atoms with Gasteiger partial charge in [0.15, 0.2) is 0 Å². The number of urea groups is 1. The lowest BCUT2D eigenvalue weighted by Gasteiger charge is -2.32. The standard InChI is InChI=1S/C14H24N2O3S/c1-8(7-20(3)18)15-14(17)16-6-10-4-9-5-11(10)12(16)13(9)19-2/h8-13H,4-7H2,1-3H3,(H,15,17). The molecule has 1 heterocycles. The van der Waals surface area contributed by atoms with Crippen LogP contribution in [0.5, 0.6) is 0 Å². The Morgan fingerprint density at radius 1 is 1.45 bits per heavy atom. The first kappa shape index (κ1) is 14.3. The third-order valence-electron chi connectivity index (χ3n) is 5.20. The smallest absolute Gasteiger partial charge is 0.317 e. The zero-order chi connectivity index (χ0) is 14.4. The maximum absolute atomic E-state index is 12.5. The fraction of sp³-hybridized carbons (Fsp3) is 0.929. The second-order valence-corrected chi connectivity index (χ2v) is 8.07. The van der Waals surface area contributed by atoms with Crippen molar-refractivity contribution in [2.75, 3.05) is 25.7 Å². The number of amides is 2. The quantitative estimate of drug-likeness (QED) is 0.836. The monoisotopic (exact) mass is 300 g/mol. The van der Waals surface area contributed by atoms with Crippen molar-refractivity contribution in [3.8, 4) is 0 Å². The second kappa shape index (κ2) is 5.30. The first-order valence-electron chi connectivity index (χ1n) is 7.41. The molecule has 3 rings (SSSR count). The largest absolute Gasteiger partial charge is 0.379 e. The molecule has 2 bridgehead atoms. The van der Waals surface area contributed by atoms with Crippen molar-refractivity contribution >= 4 is 16.8 Å². The predicted molar refractivity (Wildman–Crippen MR) is 77.9 cm³/mol. The summed E-state index contributed by atoms with van der Waals surface area (Å²) in [6.07, 6.45) is 4.30. The molecule has 0 aromatic rings. The van der Waals surface area contributed by atoms with Crippen molar-refractivity contribution in [1.29, 1.82) is 0 Å². The van der Waals surface area contributed by atoms with E-state index in [-0.39, 0.29) is 24.2 Å². The SMILES string of the molecule is COC1C2CC3CN(C(=O)NC(C)CS(C)=O)C1C3C2. The molecule has 1 saturated heterocycles. The lowest BCUT2D eigenvalue weighted by atomic mass is 9.88. The van der Waals surface area contributed by atoms with Gasteiger partial charge in [0, 0.05) is 42.5 Å². The Labute approximate surface area is 122 Å². The van der Waals surface area contributed by atoms with E-state index in [0.717, 1.165) is 6.54 Å². The molecular formula is C14H24N2O3S. The molecule has 0 spiro atoms. The van der Waals surface area contributed by atoms with Gasteiger partial charge in [-0.05, 0) is 37.5 Å². The Bertz CT molecular complexity index is 429.